The lowest BCUT2D eigenvalue weighted by atomic mass is 10.3. The Balaban J connectivity index is 2.38. The second-order valence-electron chi connectivity index (χ2n) is 3.97. The Labute approximate surface area is 131 Å². The van der Waals surface area contributed by atoms with Crippen LogP contribution in [0.25, 0.3) is 41.5 Å². The topological polar surface area (TPSA) is 82.1 Å². The lowest BCUT2D eigenvalue weighted by Crippen LogP contribution is -2.00. The van der Waals surface area contributed by atoms with Crippen LogP contribution in [-0.4, -0.2) is 9.97 Å². The van der Waals surface area contributed by atoms with E-state index < -0.39 is 0 Å². The Kier molecular flexibility index (Phi) is 3.26. The molecule has 3 aromatic rings. The van der Waals surface area contributed by atoms with E-state index >= 15 is 0 Å². The molecule has 0 fully saturated rings. The Morgan fingerprint density at radius 3 is 1.95 bits per heavy atom. The number of aromatic nitrogens is 2. The van der Waals surface area contributed by atoms with E-state index in [1.165, 1.54) is 22.7 Å². The van der Waals surface area contributed by atoms with Gasteiger partial charge < -0.3 is 0 Å². The predicted octanol–water partition coefficient (Wildman–Crippen LogP) is 2.01. The SMILES string of the molecule is [C-]#[N+]C([N+]#[C-])=c1nc2cc3sc(=C(C#N)C#N)nc3cc2s1. The Morgan fingerprint density at radius 2 is 1.45 bits per heavy atom. The minimum atomic E-state index is -0.0530. The summed E-state index contributed by atoms with van der Waals surface area (Å²) < 4.78 is 2.38. The average molecular weight is 318 g/mol. The molecular weight excluding hydrogens is 316 g/mol. The first-order chi connectivity index (χ1) is 10.7. The van der Waals surface area contributed by atoms with E-state index in [-0.39, 0.29) is 11.4 Å². The van der Waals surface area contributed by atoms with Crippen LogP contribution in [0, 0.1) is 35.8 Å². The summed E-state index contributed by atoms with van der Waals surface area (Å²) in [7, 11) is 0. The molecular formula is C14H2N6S2. The van der Waals surface area contributed by atoms with Crippen molar-refractivity contribution < 1.29 is 0 Å². The van der Waals surface area contributed by atoms with Gasteiger partial charge in [0, 0.05) is 0 Å². The summed E-state index contributed by atoms with van der Waals surface area (Å²) in [4.78, 5) is 14.9. The van der Waals surface area contributed by atoms with Crippen LogP contribution >= 0.6 is 22.7 Å². The fourth-order valence-electron chi connectivity index (χ4n) is 1.79. The minimum Gasteiger partial charge on any atom is -0.241 e. The highest BCUT2D eigenvalue weighted by atomic mass is 32.1. The molecule has 0 aliphatic carbocycles. The van der Waals surface area contributed by atoms with Crippen LogP contribution in [-0.2, 0) is 0 Å². The zero-order valence-corrected chi connectivity index (χ0v) is 12.3. The van der Waals surface area contributed by atoms with E-state index in [2.05, 4.69) is 19.7 Å². The van der Waals surface area contributed by atoms with E-state index in [1.807, 2.05) is 12.1 Å². The summed E-state index contributed by atoms with van der Waals surface area (Å²) in [6.45, 7) is 13.9. The molecule has 0 atom stereocenters. The molecule has 0 amide bonds. The lowest BCUT2D eigenvalue weighted by molar-refractivity contribution is 1.40. The Bertz CT molecular complexity index is 1030. The van der Waals surface area contributed by atoms with Gasteiger partial charge in [0.2, 0.25) is 4.66 Å². The van der Waals surface area contributed by atoms with Gasteiger partial charge in [-0.25, -0.2) is 9.97 Å². The molecule has 1 aromatic carbocycles. The number of hydrogen-bond donors (Lipinski definition) is 0. The highest BCUT2D eigenvalue weighted by Crippen LogP contribution is 2.24. The summed E-state index contributed by atoms with van der Waals surface area (Å²) in [5, 5.41) is 17.8. The second-order valence-corrected chi connectivity index (χ2v) is 6.03. The van der Waals surface area contributed by atoms with E-state index in [0.29, 0.717) is 20.4 Å². The third kappa shape index (κ3) is 2.06. The van der Waals surface area contributed by atoms with Crippen molar-refractivity contribution in [2.45, 2.75) is 0 Å². The van der Waals surface area contributed by atoms with E-state index in [4.69, 9.17) is 23.7 Å². The summed E-state index contributed by atoms with van der Waals surface area (Å²) in [6, 6.07) is 7.24. The molecule has 2 heterocycles. The van der Waals surface area contributed by atoms with Gasteiger partial charge in [0.25, 0.3) is 0 Å². The van der Waals surface area contributed by atoms with Crippen molar-refractivity contribution in [1.82, 2.24) is 9.97 Å². The number of hydrogen-bond acceptors (Lipinski definition) is 6. The van der Waals surface area contributed by atoms with Gasteiger partial charge >= 0.3 is 5.82 Å². The largest absolute Gasteiger partial charge is 0.555 e. The number of thiazole rings is 2. The van der Waals surface area contributed by atoms with Crippen LogP contribution in [0.15, 0.2) is 12.1 Å². The van der Waals surface area contributed by atoms with Gasteiger partial charge in [-0.2, -0.15) is 20.2 Å². The summed E-state index contributed by atoms with van der Waals surface area (Å²) in [5.41, 5.74) is 1.32. The maximum absolute atomic E-state index is 8.89. The first-order valence-corrected chi connectivity index (χ1v) is 7.34. The zero-order valence-electron chi connectivity index (χ0n) is 10.7. The van der Waals surface area contributed by atoms with E-state index in [9.17, 15) is 0 Å². The highest BCUT2D eigenvalue weighted by molar-refractivity contribution is 7.18. The van der Waals surface area contributed by atoms with Crippen molar-refractivity contribution in [2.75, 3.05) is 0 Å². The molecule has 0 radical (unpaired) electrons. The smallest absolute Gasteiger partial charge is 0.241 e. The second kappa shape index (κ2) is 5.24. The molecule has 0 aliphatic heterocycles. The molecule has 0 unspecified atom stereocenters. The van der Waals surface area contributed by atoms with Gasteiger partial charge in [-0.05, 0) is 12.1 Å². The average Bonchev–Trinajstić information content (AvgIpc) is 3.10. The van der Waals surface area contributed by atoms with Crippen LogP contribution in [0.3, 0.4) is 0 Å². The van der Waals surface area contributed by atoms with Crippen molar-refractivity contribution in [2.24, 2.45) is 0 Å². The fraction of sp³-hybridized carbons (Fsp3) is 0. The molecule has 2 aromatic heterocycles. The third-order valence-electron chi connectivity index (χ3n) is 2.74. The van der Waals surface area contributed by atoms with E-state index in [0.717, 1.165) is 9.40 Å². The minimum absolute atomic E-state index is 0.0187. The van der Waals surface area contributed by atoms with Gasteiger partial charge in [-0.1, -0.05) is 0 Å². The molecule has 0 bridgehead atoms. The van der Waals surface area contributed by atoms with Crippen LogP contribution in [0.4, 0.5) is 0 Å². The summed E-state index contributed by atoms with van der Waals surface area (Å²) >= 11 is 2.49. The standard InChI is InChI=1S/C14H2N6S2/c1-17-12(18-2)14-20-9-4-10-8(3-11(9)22-14)19-13(21-10)7(5-15)6-16/h3-4H. The number of rotatable bonds is 0. The fourth-order valence-corrected chi connectivity index (χ4v) is 3.63. The van der Waals surface area contributed by atoms with Gasteiger partial charge in [-0.3, -0.25) is 0 Å². The summed E-state index contributed by atoms with van der Waals surface area (Å²) in [5.74, 6) is -0.0530. The van der Waals surface area contributed by atoms with Crippen molar-refractivity contribution in [1.29, 1.82) is 10.5 Å². The van der Waals surface area contributed by atoms with Gasteiger partial charge in [-0.15, -0.1) is 22.7 Å². The molecule has 8 heteroatoms. The molecule has 0 spiro atoms. The van der Waals surface area contributed by atoms with Crippen LogP contribution in [0.2, 0.25) is 0 Å². The summed E-state index contributed by atoms with van der Waals surface area (Å²) in [6.07, 6.45) is 0. The van der Waals surface area contributed by atoms with Crippen molar-refractivity contribution in [3.8, 4) is 12.1 Å². The number of fused-ring (bicyclic) bond motifs is 2. The van der Waals surface area contributed by atoms with Crippen molar-refractivity contribution in [3.05, 3.63) is 44.3 Å². The Hall–Kier alpha value is -3.30. The monoisotopic (exact) mass is 318 g/mol. The molecule has 100 valence electrons. The molecule has 0 aliphatic rings. The normalized spacial score (nSPS) is 9.64. The molecule has 0 saturated carbocycles. The molecule has 3 rings (SSSR count). The predicted molar refractivity (Wildman–Crippen MR) is 83.3 cm³/mol. The van der Waals surface area contributed by atoms with Crippen LogP contribution in [0.1, 0.15) is 0 Å². The maximum atomic E-state index is 8.89. The molecule has 0 N–H and O–H groups in total. The molecule has 22 heavy (non-hydrogen) atoms. The molecule has 6 nitrogen and oxygen atoms in total. The van der Waals surface area contributed by atoms with E-state index in [1.54, 1.807) is 12.1 Å². The van der Waals surface area contributed by atoms with Crippen LogP contribution < -0.4 is 9.33 Å². The zero-order chi connectivity index (χ0) is 15.7. The third-order valence-corrected chi connectivity index (χ3v) is 4.79. The van der Waals surface area contributed by atoms with Gasteiger partial charge in [0.05, 0.1) is 20.4 Å². The number of benzene rings is 1. The van der Waals surface area contributed by atoms with Crippen molar-refractivity contribution >= 4 is 54.5 Å². The van der Waals surface area contributed by atoms with Gasteiger partial charge in [0.1, 0.15) is 29.9 Å². The van der Waals surface area contributed by atoms with Gasteiger partial charge in [0.15, 0.2) is 5.57 Å². The first kappa shape index (κ1) is 13.7. The molecule has 0 saturated heterocycles. The number of nitrogens with zero attached hydrogens (tertiary/aromatic N) is 6. The highest BCUT2D eigenvalue weighted by Gasteiger charge is 2.12. The number of nitriles is 2. The first-order valence-electron chi connectivity index (χ1n) is 5.71. The lowest BCUT2D eigenvalue weighted by Gasteiger charge is -1.86. The Morgan fingerprint density at radius 1 is 0.955 bits per heavy atom. The van der Waals surface area contributed by atoms with Crippen LogP contribution in [0.5, 0.6) is 0 Å². The quantitative estimate of drug-likeness (QED) is 0.594. The van der Waals surface area contributed by atoms with Crippen molar-refractivity contribution in [3.63, 3.8) is 0 Å². The maximum Gasteiger partial charge on any atom is 0.555 e.